The van der Waals surface area contributed by atoms with E-state index < -0.39 is 17.4 Å². The molecule has 5 heteroatoms. The van der Waals surface area contributed by atoms with Gasteiger partial charge < -0.3 is 15.3 Å². The highest BCUT2D eigenvalue weighted by Crippen LogP contribution is 2.33. The summed E-state index contributed by atoms with van der Waals surface area (Å²) >= 11 is 0. The first-order valence-electron chi connectivity index (χ1n) is 7.55. The average molecular weight is 282 g/mol. The van der Waals surface area contributed by atoms with E-state index in [2.05, 4.69) is 5.32 Å². The lowest BCUT2D eigenvalue weighted by atomic mass is 9.87. The minimum atomic E-state index is -0.969. The molecule has 0 aromatic heterocycles. The predicted molar refractivity (Wildman–Crippen MR) is 76.4 cm³/mol. The number of amides is 2. The number of hydrogen-bond donors (Lipinski definition) is 2. The van der Waals surface area contributed by atoms with Crippen molar-refractivity contribution in [3.8, 4) is 0 Å². The third-order valence-corrected chi connectivity index (χ3v) is 4.02. The second-order valence-electron chi connectivity index (χ2n) is 7.38. The Balaban J connectivity index is 1.95. The summed E-state index contributed by atoms with van der Waals surface area (Å²) in [6.07, 6.45) is 4.76. The first-order valence-corrected chi connectivity index (χ1v) is 7.55. The van der Waals surface area contributed by atoms with Gasteiger partial charge in [-0.25, -0.2) is 9.59 Å². The molecule has 2 N–H and O–H groups in total. The number of carboxylic acids is 1. The maximum Gasteiger partial charge on any atom is 0.326 e. The molecule has 0 aromatic carbocycles. The summed E-state index contributed by atoms with van der Waals surface area (Å²) in [5.41, 5.74) is -0.494. The molecule has 0 spiro atoms. The summed E-state index contributed by atoms with van der Waals surface area (Å²) < 4.78 is 0. The Hall–Kier alpha value is -1.26. The van der Waals surface area contributed by atoms with E-state index in [1.807, 2.05) is 25.7 Å². The van der Waals surface area contributed by atoms with Crippen LogP contribution in [0, 0.1) is 17.3 Å². The molecule has 2 fully saturated rings. The summed E-state index contributed by atoms with van der Waals surface area (Å²) in [6.45, 7) is 7.05. The molecule has 5 nitrogen and oxygen atoms in total. The van der Waals surface area contributed by atoms with Gasteiger partial charge in [0.2, 0.25) is 0 Å². The van der Waals surface area contributed by atoms with E-state index in [1.165, 1.54) is 25.7 Å². The zero-order valence-corrected chi connectivity index (χ0v) is 12.7. The average Bonchev–Trinajstić information content (AvgIpc) is 3.16. The van der Waals surface area contributed by atoms with E-state index in [4.69, 9.17) is 0 Å². The first-order chi connectivity index (χ1) is 9.27. The van der Waals surface area contributed by atoms with Gasteiger partial charge in [0.05, 0.1) is 0 Å². The zero-order chi connectivity index (χ0) is 14.9. The molecule has 2 rings (SSSR count). The monoisotopic (exact) mass is 282 g/mol. The van der Waals surface area contributed by atoms with Gasteiger partial charge in [0.25, 0.3) is 0 Å². The smallest absolute Gasteiger partial charge is 0.326 e. The number of urea groups is 1. The Morgan fingerprint density at radius 2 is 1.60 bits per heavy atom. The van der Waals surface area contributed by atoms with Crippen molar-refractivity contribution < 1.29 is 14.7 Å². The molecule has 2 amide bonds. The van der Waals surface area contributed by atoms with Gasteiger partial charge in [-0.1, -0.05) is 20.8 Å². The molecule has 2 aliphatic carbocycles. The van der Waals surface area contributed by atoms with E-state index >= 15 is 0 Å². The van der Waals surface area contributed by atoms with Crippen LogP contribution in [0.1, 0.15) is 46.5 Å². The summed E-state index contributed by atoms with van der Waals surface area (Å²) in [4.78, 5) is 25.6. The van der Waals surface area contributed by atoms with Crippen LogP contribution in [0.4, 0.5) is 4.79 Å². The molecule has 1 atom stereocenters. The van der Waals surface area contributed by atoms with Crippen molar-refractivity contribution in [2.24, 2.45) is 17.3 Å². The normalized spacial score (nSPS) is 20.4. The van der Waals surface area contributed by atoms with Crippen molar-refractivity contribution in [3.63, 3.8) is 0 Å². The lowest BCUT2D eigenvalue weighted by Crippen LogP contribution is -2.54. The molecular weight excluding hydrogens is 256 g/mol. The van der Waals surface area contributed by atoms with Gasteiger partial charge in [0, 0.05) is 13.1 Å². The largest absolute Gasteiger partial charge is 0.480 e. The zero-order valence-electron chi connectivity index (χ0n) is 12.7. The molecule has 20 heavy (non-hydrogen) atoms. The topological polar surface area (TPSA) is 69.6 Å². The van der Waals surface area contributed by atoms with Gasteiger partial charge in [-0.2, -0.15) is 0 Å². The minimum Gasteiger partial charge on any atom is -0.480 e. The summed E-state index contributed by atoms with van der Waals surface area (Å²) in [5.74, 6) is 0.276. The minimum absolute atomic E-state index is 0.217. The van der Waals surface area contributed by atoms with Gasteiger partial charge in [-0.15, -0.1) is 0 Å². The molecule has 0 radical (unpaired) electrons. The van der Waals surface area contributed by atoms with Crippen LogP contribution in [0.2, 0.25) is 0 Å². The second-order valence-corrected chi connectivity index (χ2v) is 7.38. The standard InChI is InChI=1S/C15H26N2O3/c1-15(2,3)12(13(18)19)16-14(20)17(8-10-4-5-10)9-11-6-7-11/h10-12H,4-9H2,1-3H3,(H,16,20)(H,18,19)/t12-/m1/s1. The number of aliphatic carboxylic acids is 1. The van der Waals surface area contributed by atoms with Crippen LogP contribution in [0.25, 0.3) is 0 Å². The van der Waals surface area contributed by atoms with Crippen molar-refractivity contribution in [1.29, 1.82) is 0 Å². The fourth-order valence-corrected chi connectivity index (χ4v) is 2.33. The van der Waals surface area contributed by atoms with E-state index in [0.717, 1.165) is 13.1 Å². The maximum atomic E-state index is 12.4. The van der Waals surface area contributed by atoms with Gasteiger partial charge in [0.15, 0.2) is 0 Å². The highest BCUT2D eigenvalue weighted by atomic mass is 16.4. The first kappa shape index (κ1) is 15.1. The fourth-order valence-electron chi connectivity index (χ4n) is 2.33. The highest BCUT2D eigenvalue weighted by molar-refractivity contribution is 5.83. The molecule has 0 heterocycles. The van der Waals surface area contributed by atoms with Crippen molar-refractivity contribution in [2.75, 3.05) is 13.1 Å². The van der Waals surface area contributed by atoms with Crippen LogP contribution in [0.5, 0.6) is 0 Å². The molecule has 0 aromatic rings. The van der Waals surface area contributed by atoms with Crippen molar-refractivity contribution in [1.82, 2.24) is 10.2 Å². The second kappa shape index (κ2) is 5.62. The molecule has 0 aliphatic heterocycles. The van der Waals surface area contributed by atoms with E-state index in [0.29, 0.717) is 11.8 Å². The molecule has 2 saturated carbocycles. The van der Waals surface area contributed by atoms with Crippen LogP contribution in [-0.4, -0.2) is 41.1 Å². The van der Waals surface area contributed by atoms with Crippen LogP contribution < -0.4 is 5.32 Å². The Morgan fingerprint density at radius 3 is 1.90 bits per heavy atom. The molecule has 2 aliphatic rings. The molecule has 114 valence electrons. The Bertz CT molecular complexity index is 367. The highest BCUT2D eigenvalue weighted by Gasteiger charge is 2.36. The van der Waals surface area contributed by atoms with E-state index in [9.17, 15) is 14.7 Å². The van der Waals surface area contributed by atoms with E-state index in [-0.39, 0.29) is 6.03 Å². The maximum absolute atomic E-state index is 12.4. The fraction of sp³-hybridized carbons (Fsp3) is 0.867. The van der Waals surface area contributed by atoms with Crippen LogP contribution in [-0.2, 0) is 4.79 Å². The van der Waals surface area contributed by atoms with Crippen LogP contribution in [0.15, 0.2) is 0 Å². The molecule has 0 unspecified atom stereocenters. The summed E-state index contributed by atoms with van der Waals surface area (Å²) in [7, 11) is 0. The number of hydrogen-bond acceptors (Lipinski definition) is 2. The van der Waals surface area contributed by atoms with Crippen LogP contribution in [0.3, 0.4) is 0 Å². The Kier molecular flexibility index (Phi) is 4.25. The Labute approximate surface area is 120 Å². The molecular formula is C15H26N2O3. The number of rotatable bonds is 6. The van der Waals surface area contributed by atoms with Crippen molar-refractivity contribution >= 4 is 12.0 Å². The third kappa shape index (κ3) is 4.39. The predicted octanol–water partition coefficient (Wildman–Crippen LogP) is 2.32. The van der Waals surface area contributed by atoms with Gasteiger partial charge in [0.1, 0.15) is 6.04 Å². The van der Waals surface area contributed by atoms with Gasteiger partial charge in [-0.05, 0) is 42.9 Å². The van der Waals surface area contributed by atoms with Gasteiger partial charge >= 0.3 is 12.0 Å². The SMILES string of the molecule is CC(C)(C)[C@H](NC(=O)N(CC1CC1)CC1CC1)C(=O)O. The van der Waals surface area contributed by atoms with Crippen molar-refractivity contribution in [3.05, 3.63) is 0 Å². The van der Waals surface area contributed by atoms with Crippen LogP contribution >= 0.6 is 0 Å². The van der Waals surface area contributed by atoms with E-state index in [1.54, 1.807) is 0 Å². The third-order valence-electron chi connectivity index (χ3n) is 4.02. The van der Waals surface area contributed by atoms with Gasteiger partial charge in [-0.3, -0.25) is 0 Å². The summed E-state index contributed by atoms with van der Waals surface area (Å²) in [5, 5.41) is 12.0. The molecule has 0 saturated heterocycles. The summed E-state index contributed by atoms with van der Waals surface area (Å²) in [6, 6.07) is -1.07. The molecule has 0 bridgehead atoms. The number of nitrogens with zero attached hydrogens (tertiary/aromatic N) is 1. The lowest BCUT2D eigenvalue weighted by Gasteiger charge is -2.31. The van der Waals surface area contributed by atoms with Crippen molar-refractivity contribution in [2.45, 2.75) is 52.5 Å². The quantitative estimate of drug-likeness (QED) is 0.785. The number of carbonyl (C=O) groups is 2. The number of carboxylic acid groups (broad SMARTS) is 1. The Morgan fingerprint density at radius 1 is 1.15 bits per heavy atom. The number of carbonyl (C=O) groups excluding carboxylic acids is 1. The lowest BCUT2D eigenvalue weighted by molar-refractivity contribution is -0.142. The number of nitrogens with one attached hydrogen (secondary N) is 1.